The van der Waals surface area contributed by atoms with E-state index in [4.69, 9.17) is 0 Å². The van der Waals surface area contributed by atoms with Crippen LogP contribution in [0.15, 0.2) is 59.6 Å². The minimum absolute atomic E-state index is 0.226. The number of benzene rings is 2. The van der Waals surface area contributed by atoms with Crippen molar-refractivity contribution in [1.82, 2.24) is 19.0 Å². The smallest absolute Gasteiger partial charge is 0.259 e. The van der Waals surface area contributed by atoms with E-state index >= 15 is 0 Å². The summed E-state index contributed by atoms with van der Waals surface area (Å²) in [4.78, 5) is 15.2. The topological polar surface area (TPSA) is 87.5 Å². The largest absolute Gasteiger partial charge is 0.322 e. The number of hydrogen-bond donors (Lipinski definition) is 1. The number of aromatic nitrogens is 2. The molecule has 1 amide bonds. The second-order valence-corrected chi connectivity index (χ2v) is 9.97. The molecule has 4 rings (SSSR count). The van der Waals surface area contributed by atoms with Crippen LogP contribution < -0.4 is 5.32 Å². The van der Waals surface area contributed by atoms with Gasteiger partial charge in [-0.05, 0) is 56.8 Å². The normalized spacial score (nSPS) is 15.6. The molecule has 9 heteroatoms. The van der Waals surface area contributed by atoms with Gasteiger partial charge < -0.3 is 10.2 Å². The molecular weight excluding hydrogens is 426 g/mol. The molecule has 1 aromatic heterocycles. The minimum Gasteiger partial charge on any atom is -0.322 e. The molecule has 1 aliphatic rings. The van der Waals surface area contributed by atoms with Crippen molar-refractivity contribution < 1.29 is 13.2 Å². The molecule has 8 nitrogen and oxygen atoms in total. The maximum atomic E-state index is 12.9. The van der Waals surface area contributed by atoms with Gasteiger partial charge in [-0.3, -0.25) is 4.79 Å². The van der Waals surface area contributed by atoms with Crippen LogP contribution in [0.5, 0.6) is 0 Å². The molecule has 1 saturated heterocycles. The lowest BCUT2D eigenvalue weighted by atomic mass is 10.2. The Bertz CT molecular complexity index is 1230. The highest BCUT2D eigenvalue weighted by Gasteiger charge is 2.27. The van der Waals surface area contributed by atoms with Crippen LogP contribution in [0.1, 0.15) is 21.6 Å². The van der Waals surface area contributed by atoms with Gasteiger partial charge in [0.05, 0.1) is 28.0 Å². The molecule has 1 aliphatic heterocycles. The second-order valence-electron chi connectivity index (χ2n) is 8.03. The number of aryl methyl sites for hydroxylation is 1. The summed E-state index contributed by atoms with van der Waals surface area (Å²) >= 11 is 0. The van der Waals surface area contributed by atoms with E-state index in [-0.39, 0.29) is 10.8 Å². The van der Waals surface area contributed by atoms with Gasteiger partial charge in [-0.2, -0.15) is 9.40 Å². The summed E-state index contributed by atoms with van der Waals surface area (Å²) in [5.41, 5.74) is 3.69. The zero-order chi connectivity index (χ0) is 22.9. The van der Waals surface area contributed by atoms with Crippen molar-refractivity contribution in [3.63, 3.8) is 0 Å². The van der Waals surface area contributed by atoms with Crippen molar-refractivity contribution in [3.05, 3.63) is 71.5 Å². The Hall–Kier alpha value is -3.01. The summed E-state index contributed by atoms with van der Waals surface area (Å²) in [6.07, 6.45) is 1.54. The van der Waals surface area contributed by atoms with Crippen LogP contribution in [0, 0.1) is 13.8 Å². The Balaban J connectivity index is 1.49. The lowest BCUT2D eigenvalue weighted by Crippen LogP contribution is -2.46. The Morgan fingerprint density at radius 2 is 1.62 bits per heavy atom. The van der Waals surface area contributed by atoms with Crippen LogP contribution in [0.25, 0.3) is 5.69 Å². The van der Waals surface area contributed by atoms with Crippen molar-refractivity contribution in [3.8, 4) is 5.69 Å². The molecule has 3 aromatic rings. The van der Waals surface area contributed by atoms with Crippen LogP contribution in [-0.4, -0.2) is 66.5 Å². The van der Waals surface area contributed by atoms with Gasteiger partial charge in [0.1, 0.15) is 0 Å². The molecule has 0 radical (unpaired) electrons. The molecule has 0 atom stereocenters. The van der Waals surface area contributed by atoms with Crippen molar-refractivity contribution in [1.29, 1.82) is 0 Å². The first kappa shape index (κ1) is 22.2. The highest BCUT2D eigenvalue weighted by atomic mass is 32.2. The summed E-state index contributed by atoms with van der Waals surface area (Å²) in [6.45, 7) is 6.21. The van der Waals surface area contributed by atoms with E-state index in [1.165, 1.54) is 16.4 Å². The van der Waals surface area contributed by atoms with Crippen LogP contribution in [-0.2, 0) is 10.0 Å². The van der Waals surface area contributed by atoms with Crippen molar-refractivity contribution in [2.45, 2.75) is 18.7 Å². The van der Waals surface area contributed by atoms with E-state index in [2.05, 4.69) is 15.3 Å². The molecule has 1 N–H and O–H groups in total. The maximum Gasteiger partial charge on any atom is 0.259 e. The fourth-order valence-electron chi connectivity index (χ4n) is 3.76. The van der Waals surface area contributed by atoms with Crippen LogP contribution in [0.2, 0.25) is 0 Å². The van der Waals surface area contributed by atoms with Crippen LogP contribution in [0.3, 0.4) is 0 Å². The summed E-state index contributed by atoms with van der Waals surface area (Å²) < 4.78 is 29.0. The Labute approximate surface area is 188 Å². The highest BCUT2D eigenvalue weighted by molar-refractivity contribution is 7.89. The van der Waals surface area contributed by atoms with Crippen LogP contribution >= 0.6 is 0 Å². The lowest BCUT2D eigenvalue weighted by Gasteiger charge is -2.31. The van der Waals surface area contributed by atoms with Gasteiger partial charge in [-0.15, -0.1) is 0 Å². The maximum absolute atomic E-state index is 12.9. The quantitative estimate of drug-likeness (QED) is 0.642. The number of likely N-dealkylation sites (N-methyl/N-ethyl adjacent to an activating group) is 1. The number of nitrogens with zero attached hydrogens (tertiary/aromatic N) is 4. The SMILES string of the molecule is Cc1ccccc1-n1ncc(C(=O)Nc2ccc(S(=O)(=O)N3CCN(C)CC3)cc2)c1C. The van der Waals surface area contributed by atoms with Gasteiger partial charge >= 0.3 is 0 Å². The third-order valence-electron chi connectivity index (χ3n) is 5.81. The second kappa shape index (κ2) is 8.85. The molecule has 0 unspecified atom stereocenters. The van der Waals surface area contributed by atoms with Crippen molar-refractivity contribution in [2.75, 3.05) is 38.5 Å². The summed E-state index contributed by atoms with van der Waals surface area (Å²) in [6, 6.07) is 14.1. The van der Waals surface area contributed by atoms with E-state index in [9.17, 15) is 13.2 Å². The highest BCUT2D eigenvalue weighted by Crippen LogP contribution is 2.21. The molecule has 168 valence electrons. The van der Waals surface area contributed by atoms with Gasteiger partial charge in [0.15, 0.2) is 0 Å². The number of sulfonamides is 1. The average Bonchev–Trinajstić information content (AvgIpc) is 3.16. The first-order valence-electron chi connectivity index (χ1n) is 10.5. The van der Waals surface area contributed by atoms with E-state index < -0.39 is 10.0 Å². The Morgan fingerprint density at radius 1 is 0.969 bits per heavy atom. The molecule has 2 heterocycles. The van der Waals surface area contributed by atoms with Gasteiger partial charge in [-0.25, -0.2) is 13.1 Å². The fourth-order valence-corrected chi connectivity index (χ4v) is 5.18. The lowest BCUT2D eigenvalue weighted by molar-refractivity contribution is 0.102. The molecule has 0 spiro atoms. The van der Waals surface area contributed by atoms with E-state index in [1.807, 2.05) is 45.2 Å². The number of carbonyl (C=O) groups is 1. The number of para-hydroxylation sites is 1. The van der Waals surface area contributed by atoms with E-state index in [0.29, 0.717) is 37.4 Å². The predicted octanol–water partition coefficient (Wildman–Crippen LogP) is 2.68. The zero-order valence-electron chi connectivity index (χ0n) is 18.4. The van der Waals surface area contributed by atoms with Gasteiger partial charge in [0.25, 0.3) is 5.91 Å². The number of nitrogens with one attached hydrogen (secondary N) is 1. The molecule has 2 aromatic carbocycles. The van der Waals surface area contributed by atoms with Crippen molar-refractivity contribution in [2.24, 2.45) is 0 Å². The summed E-state index contributed by atoms with van der Waals surface area (Å²) in [7, 11) is -1.56. The summed E-state index contributed by atoms with van der Waals surface area (Å²) in [5, 5.41) is 7.22. The minimum atomic E-state index is -3.54. The van der Waals surface area contributed by atoms with E-state index in [0.717, 1.165) is 16.9 Å². The third kappa shape index (κ3) is 4.32. The number of amides is 1. The average molecular weight is 454 g/mol. The first-order valence-corrected chi connectivity index (χ1v) is 11.9. The molecule has 1 fully saturated rings. The van der Waals surface area contributed by atoms with Crippen LogP contribution in [0.4, 0.5) is 5.69 Å². The van der Waals surface area contributed by atoms with Gasteiger partial charge in [0, 0.05) is 31.9 Å². The summed E-state index contributed by atoms with van der Waals surface area (Å²) in [5.74, 6) is -0.294. The molecule has 32 heavy (non-hydrogen) atoms. The predicted molar refractivity (Wildman–Crippen MR) is 124 cm³/mol. The van der Waals surface area contributed by atoms with Gasteiger partial charge in [-0.1, -0.05) is 18.2 Å². The number of piperazine rings is 1. The number of carbonyl (C=O) groups excluding carboxylic acids is 1. The third-order valence-corrected chi connectivity index (χ3v) is 7.72. The Morgan fingerprint density at radius 3 is 2.28 bits per heavy atom. The number of hydrogen-bond acceptors (Lipinski definition) is 5. The fraction of sp³-hybridized carbons (Fsp3) is 0.304. The molecular formula is C23H27N5O3S. The standard InChI is InChI=1S/C23H27N5O3S/c1-17-6-4-5-7-22(17)28-18(2)21(16-24-28)23(29)25-19-8-10-20(11-9-19)32(30,31)27-14-12-26(3)13-15-27/h4-11,16H,12-15H2,1-3H3,(H,25,29). The number of rotatable bonds is 5. The zero-order valence-corrected chi connectivity index (χ0v) is 19.3. The van der Waals surface area contributed by atoms with Gasteiger partial charge in [0.2, 0.25) is 10.0 Å². The van der Waals surface area contributed by atoms with Crippen molar-refractivity contribution >= 4 is 21.6 Å². The monoisotopic (exact) mass is 453 g/mol. The molecule has 0 saturated carbocycles. The molecule has 0 aliphatic carbocycles. The first-order chi connectivity index (χ1) is 15.3. The van der Waals surface area contributed by atoms with E-state index in [1.54, 1.807) is 23.0 Å². The Kier molecular flexibility index (Phi) is 6.14. The number of anilines is 1. The molecule has 0 bridgehead atoms.